The van der Waals surface area contributed by atoms with Gasteiger partial charge in [0.25, 0.3) is 5.56 Å². The van der Waals surface area contributed by atoms with Crippen LogP contribution in [0.2, 0.25) is 0 Å². The van der Waals surface area contributed by atoms with Crippen LogP contribution in [0.3, 0.4) is 0 Å². The zero-order valence-electron chi connectivity index (χ0n) is 12.9. The van der Waals surface area contributed by atoms with E-state index < -0.39 is 0 Å². The second-order valence-electron chi connectivity index (χ2n) is 5.20. The Morgan fingerprint density at radius 2 is 1.87 bits per heavy atom. The van der Waals surface area contributed by atoms with E-state index in [9.17, 15) is 9.90 Å². The molecule has 118 valence electrons. The van der Waals surface area contributed by atoms with Crippen LogP contribution in [0, 0.1) is 0 Å². The van der Waals surface area contributed by atoms with Crippen molar-refractivity contribution >= 4 is 10.9 Å². The molecule has 3 rings (SSSR count). The third-order valence-electron chi connectivity index (χ3n) is 3.76. The Hall–Kier alpha value is -2.95. The monoisotopic (exact) mass is 311 g/mol. The first kappa shape index (κ1) is 15.0. The van der Waals surface area contributed by atoms with E-state index >= 15 is 0 Å². The van der Waals surface area contributed by atoms with Gasteiger partial charge in [-0.25, -0.2) is 0 Å². The molecule has 0 aliphatic heterocycles. The SMILES string of the molecule is COc1ccc2c(O)c(OCc3ccccc3)c(=O)n(C)c2c1. The van der Waals surface area contributed by atoms with Crippen LogP contribution in [0.4, 0.5) is 0 Å². The fraction of sp³-hybridized carbons (Fsp3) is 0.167. The van der Waals surface area contributed by atoms with Gasteiger partial charge in [0.1, 0.15) is 12.4 Å². The van der Waals surface area contributed by atoms with E-state index in [1.807, 2.05) is 30.3 Å². The Morgan fingerprint density at radius 1 is 1.13 bits per heavy atom. The third-order valence-corrected chi connectivity index (χ3v) is 3.76. The van der Waals surface area contributed by atoms with Crippen molar-refractivity contribution in [2.24, 2.45) is 7.05 Å². The molecule has 0 aliphatic rings. The minimum Gasteiger partial charge on any atom is -0.504 e. The van der Waals surface area contributed by atoms with Crippen LogP contribution in [0.1, 0.15) is 5.56 Å². The van der Waals surface area contributed by atoms with Crippen LogP contribution in [-0.2, 0) is 13.7 Å². The van der Waals surface area contributed by atoms with Crippen molar-refractivity contribution in [1.82, 2.24) is 4.57 Å². The molecule has 1 N–H and O–H groups in total. The normalized spacial score (nSPS) is 10.7. The maximum Gasteiger partial charge on any atom is 0.297 e. The number of fused-ring (bicyclic) bond motifs is 1. The molecule has 0 amide bonds. The summed E-state index contributed by atoms with van der Waals surface area (Å²) in [4.78, 5) is 12.5. The Morgan fingerprint density at radius 3 is 2.57 bits per heavy atom. The lowest BCUT2D eigenvalue weighted by molar-refractivity contribution is 0.284. The molecule has 0 atom stereocenters. The van der Waals surface area contributed by atoms with Crippen molar-refractivity contribution in [3.8, 4) is 17.2 Å². The maximum atomic E-state index is 12.5. The summed E-state index contributed by atoms with van der Waals surface area (Å²) in [6.07, 6.45) is 0. The predicted molar refractivity (Wildman–Crippen MR) is 88.2 cm³/mol. The molecular weight excluding hydrogens is 294 g/mol. The number of ether oxygens (including phenoxy) is 2. The molecule has 2 aromatic carbocycles. The molecule has 0 aliphatic carbocycles. The number of nitrogens with zero attached hydrogens (tertiary/aromatic N) is 1. The summed E-state index contributed by atoms with van der Waals surface area (Å²) in [7, 11) is 3.19. The van der Waals surface area contributed by atoms with Crippen molar-refractivity contribution in [2.75, 3.05) is 7.11 Å². The van der Waals surface area contributed by atoms with Crippen LogP contribution >= 0.6 is 0 Å². The van der Waals surface area contributed by atoms with Crippen molar-refractivity contribution in [2.45, 2.75) is 6.61 Å². The Kier molecular flexibility index (Phi) is 3.93. The Labute approximate surface area is 133 Å². The quantitative estimate of drug-likeness (QED) is 0.805. The minimum absolute atomic E-state index is 0.0472. The highest BCUT2D eigenvalue weighted by atomic mass is 16.5. The number of aromatic hydroxyl groups is 1. The minimum atomic E-state index is -0.390. The number of pyridine rings is 1. The van der Waals surface area contributed by atoms with Gasteiger partial charge in [0.2, 0.25) is 5.75 Å². The molecule has 0 saturated heterocycles. The molecular formula is C18H17NO4. The topological polar surface area (TPSA) is 60.7 Å². The molecule has 0 saturated carbocycles. The van der Waals surface area contributed by atoms with Crippen LogP contribution in [0.25, 0.3) is 10.9 Å². The molecule has 0 bridgehead atoms. The van der Waals surface area contributed by atoms with Gasteiger partial charge in [-0.1, -0.05) is 30.3 Å². The Bertz CT molecular complexity index is 900. The Balaban J connectivity index is 2.06. The van der Waals surface area contributed by atoms with E-state index in [2.05, 4.69) is 0 Å². The van der Waals surface area contributed by atoms with Gasteiger partial charge in [-0.15, -0.1) is 0 Å². The van der Waals surface area contributed by atoms with Crippen LogP contribution in [0.15, 0.2) is 53.3 Å². The highest BCUT2D eigenvalue weighted by molar-refractivity contribution is 5.88. The summed E-state index contributed by atoms with van der Waals surface area (Å²) in [5.41, 5.74) is 1.11. The lowest BCUT2D eigenvalue weighted by Crippen LogP contribution is -2.19. The molecule has 0 spiro atoms. The van der Waals surface area contributed by atoms with E-state index in [0.29, 0.717) is 16.7 Å². The summed E-state index contributed by atoms with van der Waals surface area (Å²) < 4.78 is 12.2. The van der Waals surface area contributed by atoms with Gasteiger partial charge < -0.3 is 19.1 Å². The highest BCUT2D eigenvalue weighted by Crippen LogP contribution is 2.33. The van der Waals surface area contributed by atoms with E-state index in [1.165, 1.54) is 4.57 Å². The highest BCUT2D eigenvalue weighted by Gasteiger charge is 2.16. The molecule has 5 nitrogen and oxygen atoms in total. The molecule has 1 aromatic heterocycles. The molecule has 0 unspecified atom stereocenters. The van der Waals surface area contributed by atoms with Crippen molar-refractivity contribution in [3.05, 3.63) is 64.4 Å². The van der Waals surface area contributed by atoms with Gasteiger partial charge in [0.15, 0.2) is 5.75 Å². The first-order valence-corrected chi connectivity index (χ1v) is 7.18. The number of benzene rings is 2. The van der Waals surface area contributed by atoms with E-state index in [-0.39, 0.29) is 23.7 Å². The van der Waals surface area contributed by atoms with Crippen molar-refractivity contribution in [1.29, 1.82) is 0 Å². The summed E-state index contributed by atoms with van der Waals surface area (Å²) in [5.74, 6) is 0.417. The number of rotatable bonds is 4. The fourth-order valence-corrected chi connectivity index (χ4v) is 2.46. The van der Waals surface area contributed by atoms with E-state index in [1.54, 1.807) is 32.4 Å². The van der Waals surface area contributed by atoms with Gasteiger partial charge in [-0.2, -0.15) is 0 Å². The van der Waals surface area contributed by atoms with Gasteiger partial charge in [0.05, 0.1) is 12.6 Å². The van der Waals surface area contributed by atoms with Gasteiger partial charge >= 0.3 is 0 Å². The molecule has 0 radical (unpaired) electrons. The lowest BCUT2D eigenvalue weighted by atomic mass is 10.1. The predicted octanol–water partition coefficient (Wildman–Crippen LogP) is 2.83. The summed E-state index contributed by atoms with van der Waals surface area (Å²) in [6.45, 7) is 0.214. The molecule has 3 aromatic rings. The lowest BCUT2D eigenvalue weighted by Gasteiger charge is -2.13. The van der Waals surface area contributed by atoms with E-state index in [4.69, 9.17) is 9.47 Å². The van der Waals surface area contributed by atoms with Crippen LogP contribution in [-0.4, -0.2) is 16.8 Å². The van der Waals surface area contributed by atoms with Gasteiger partial charge in [-0.3, -0.25) is 4.79 Å². The summed E-state index contributed by atoms with van der Waals surface area (Å²) in [6, 6.07) is 14.6. The van der Waals surface area contributed by atoms with Gasteiger partial charge in [-0.05, 0) is 17.7 Å². The number of aromatic nitrogens is 1. The third kappa shape index (κ3) is 2.73. The summed E-state index contributed by atoms with van der Waals surface area (Å²) >= 11 is 0. The first-order valence-electron chi connectivity index (χ1n) is 7.18. The molecule has 1 heterocycles. The summed E-state index contributed by atoms with van der Waals surface area (Å²) in [5, 5.41) is 11.0. The zero-order valence-corrected chi connectivity index (χ0v) is 12.9. The van der Waals surface area contributed by atoms with Gasteiger partial charge in [0, 0.05) is 18.5 Å². The number of methoxy groups -OCH3 is 1. The van der Waals surface area contributed by atoms with Crippen molar-refractivity contribution < 1.29 is 14.6 Å². The average Bonchev–Trinajstić information content (AvgIpc) is 2.60. The molecule has 0 fully saturated rings. The largest absolute Gasteiger partial charge is 0.504 e. The number of aryl methyl sites for hydroxylation is 1. The average molecular weight is 311 g/mol. The standard InChI is InChI=1S/C18H17NO4/c1-19-15-10-13(22-2)8-9-14(15)16(20)17(18(19)21)23-11-12-6-4-3-5-7-12/h3-10,20H,11H2,1-2H3. The smallest absolute Gasteiger partial charge is 0.297 e. The van der Waals surface area contributed by atoms with Crippen LogP contribution < -0.4 is 15.0 Å². The maximum absolute atomic E-state index is 12.5. The first-order chi connectivity index (χ1) is 11.1. The van der Waals surface area contributed by atoms with Crippen molar-refractivity contribution in [3.63, 3.8) is 0 Å². The van der Waals surface area contributed by atoms with Crippen LogP contribution in [0.5, 0.6) is 17.2 Å². The second-order valence-corrected chi connectivity index (χ2v) is 5.20. The molecule has 5 heteroatoms. The van der Waals surface area contributed by atoms with E-state index in [0.717, 1.165) is 5.56 Å². The fourth-order valence-electron chi connectivity index (χ4n) is 2.46. The number of hydrogen-bond donors (Lipinski definition) is 1. The molecule has 23 heavy (non-hydrogen) atoms. The number of hydrogen-bond acceptors (Lipinski definition) is 4. The zero-order chi connectivity index (χ0) is 16.4. The second kappa shape index (κ2) is 6.04.